The smallest absolute Gasteiger partial charge is 0.213 e. The van der Waals surface area contributed by atoms with Crippen LogP contribution in [0.5, 0.6) is 5.88 Å². The zero-order valence-electron chi connectivity index (χ0n) is 11.1. The molecule has 6 heteroatoms. The summed E-state index contributed by atoms with van der Waals surface area (Å²) < 4.78 is 5.20. The van der Waals surface area contributed by atoms with E-state index in [-0.39, 0.29) is 5.12 Å². The van der Waals surface area contributed by atoms with E-state index in [9.17, 15) is 15.0 Å². The second-order valence-electron chi connectivity index (χ2n) is 4.00. The molecule has 5 nitrogen and oxygen atoms in total. The maximum Gasteiger partial charge on any atom is 0.213 e. The van der Waals surface area contributed by atoms with Crippen LogP contribution in [0, 0.1) is 0 Å². The summed E-state index contributed by atoms with van der Waals surface area (Å²) in [6.07, 6.45) is -0.0855. The molecular formula is C13H19NO4S. The number of rotatable bonds is 7. The minimum Gasteiger partial charge on any atom is -0.478 e. The first-order valence-corrected chi connectivity index (χ1v) is 7.11. The van der Waals surface area contributed by atoms with Gasteiger partial charge in [0.15, 0.2) is 5.12 Å². The molecule has 1 heterocycles. The van der Waals surface area contributed by atoms with Crippen LogP contribution in [0.3, 0.4) is 0 Å². The Morgan fingerprint density at radius 3 is 2.74 bits per heavy atom. The summed E-state index contributed by atoms with van der Waals surface area (Å²) in [7, 11) is 0. The van der Waals surface area contributed by atoms with Crippen LogP contribution in [0.2, 0.25) is 0 Å². The van der Waals surface area contributed by atoms with E-state index in [1.807, 2.05) is 6.92 Å². The van der Waals surface area contributed by atoms with E-state index in [4.69, 9.17) is 4.74 Å². The van der Waals surface area contributed by atoms with E-state index in [2.05, 4.69) is 4.98 Å². The van der Waals surface area contributed by atoms with E-state index >= 15 is 0 Å². The fourth-order valence-electron chi connectivity index (χ4n) is 1.50. The molecule has 0 radical (unpaired) electrons. The van der Waals surface area contributed by atoms with Crippen LogP contribution < -0.4 is 4.74 Å². The average molecular weight is 285 g/mol. The van der Waals surface area contributed by atoms with Crippen molar-refractivity contribution in [3.63, 3.8) is 0 Å². The molecule has 1 aromatic heterocycles. The Morgan fingerprint density at radius 1 is 1.47 bits per heavy atom. The normalized spacial score (nSPS) is 13.9. The first-order valence-electron chi connectivity index (χ1n) is 6.12. The molecule has 0 aliphatic rings. The van der Waals surface area contributed by atoms with E-state index < -0.39 is 12.2 Å². The highest BCUT2D eigenvalue weighted by Gasteiger charge is 2.18. The zero-order chi connectivity index (χ0) is 14.3. The van der Waals surface area contributed by atoms with Gasteiger partial charge >= 0.3 is 0 Å². The third kappa shape index (κ3) is 5.59. The van der Waals surface area contributed by atoms with Crippen LogP contribution >= 0.6 is 11.8 Å². The number of carbonyl (C=O) groups excluding carboxylic acids is 1. The molecule has 0 spiro atoms. The number of carbonyl (C=O) groups is 1. The van der Waals surface area contributed by atoms with Crippen LogP contribution in [0.4, 0.5) is 0 Å². The summed E-state index contributed by atoms with van der Waals surface area (Å²) >= 11 is 1.14. The minimum absolute atomic E-state index is 0.00410. The highest BCUT2D eigenvalue weighted by molar-refractivity contribution is 8.13. The molecule has 0 amide bonds. The summed E-state index contributed by atoms with van der Waals surface area (Å²) in [5, 5.41) is 19.8. The quantitative estimate of drug-likeness (QED) is 0.791. The van der Waals surface area contributed by atoms with Gasteiger partial charge in [-0.15, -0.1) is 0 Å². The van der Waals surface area contributed by atoms with Gasteiger partial charge in [0.2, 0.25) is 5.88 Å². The lowest BCUT2D eigenvalue weighted by Gasteiger charge is -2.17. The molecule has 1 rings (SSSR count). The number of aliphatic hydroxyl groups excluding tert-OH is 2. The van der Waals surface area contributed by atoms with Crippen LogP contribution in [0.1, 0.15) is 31.9 Å². The number of aliphatic hydroxyl groups is 2. The largest absolute Gasteiger partial charge is 0.478 e. The van der Waals surface area contributed by atoms with Crippen molar-refractivity contribution < 1.29 is 19.7 Å². The molecule has 2 unspecified atom stereocenters. The Kier molecular flexibility index (Phi) is 6.83. The molecule has 0 fully saturated rings. The highest BCUT2D eigenvalue weighted by atomic mass is 32.2. The van der Waals surface area contributed by atoms with Crippen LogP contribution in [-0.4, -0.2) is 38.8 Å². The van der Waals surface area contributed by atoms with Gasteiger partial charge in [-0.2, -0.15) is 0 Å². The fraction of sp³-hybridized carbons (Fsp3) is 0.538. The van der Waals surface area contributed by atoms with Crippen molar-refractivity contribution >= 4 is 16.9 Å². The van der Waals surface area contributed by atoms with E-state index in [1.165, 1.54) is 13.1 Å². The first-order chi connectivity index (χ1) is 9.04. The second-order valence-corrected chi connectivity index (χ2v) is 5.28. The van der Waals surface area contributed by atoms with Crippen molar-refractivity contribution in [2.24, 2.45) is 0 Å². The summed E-state index contributed by atoms with van der Waals surface area (Å²) in [6.45, 7) is 3.87. The Labute approximate surface area is 117 Å². The number of nitrogens with zero attached hydrogens (tertiary/aromatic N) is 1. The van der Waals surface area contributed by atoms with Gasteiger partial charge in [-0.1, -0.05) is 11.8 Å². The summed E-state index contributed by atoms with van der Waals surface area (Å²) in [5.41, 5.74) is 0.531. The molecule has 0 saturated heterocycles. The van der Waals surface area contributed by atoms with Crippen molar-refractivity contribution in [3.8, 4) is 5.88 Å². The van der Waals surface area contributed by atoms with Crippen molar-refractivity contribution in [3.05, 3.63) is 23.9 Å². The van der Waals surface area contributed by atoms with E-state index in [0.717, 1.165) is 11.8 Å². The van der Waals surface area contributed by atoms with Gasteiger partial charge in [-0.3, -0.25) is 4.79 Å². The summed E-state index contributed by atoms with van der Waals surface area (Å²) in [6, 6.07) is 3.32. The lowest BCUT2D eigenvalue weighted by atomic mass is 10.0. The number of pyridine rings is 1. The molecule has 0 aromatic carbocycles. The molecule has 2 atom stereocenters. The van der Waals surface area contributed by atoms with Crippen molar-refractivity contribution in [1.29, 1.82) is 0 Å². The van der Waals surface area contributed by atoms with Crippen LogP contribution in [0.25, 0.3) is 0 Å². The summed E-state index contributed by atoms with van der Waals surface area (Å²) in [5.74, 6) is 0.970. The van der Waals surface area contributed by atoms with Crippen molar-refractivity contribution in [2.75, 3.05) is 12.4 Å². The topological polar surface area (TPSA) is 79.6 Å². The Morgan fingerprint density at radius 2 is 2.21 bits per heavy atom. The highest BCUT2D eigenvalue weighted by Crippen LogP contribution is 2.21. The van der Waals surface area contributed by atoms with Gasteiger partial charge < -0.3 is 14.9 Å². The fourth-order valence-corrected chi connectivity index (χ4v) is 2.15. The SMILES string of the molecule is CCOc1ccc(C(O)C(O)CCSC(C)=O)cn1. The molecule has 106 valence electrons. The van der Waals surface area contributed by atoms with E-state index in [1.54, 1.807) is 12.1 Å². The molecule has 0 bridgehead atoms. The van der Waals surface area contributed by atoms with Gasteiger partial charge in [0, 0.05) is 30.5 Å². The molecule has 2 N–H and O–H groups in total. The zero-order valence-corrected chi connectivity index (χ0v) is 11.9. The molecule has 19 heavy (non-hydrogen) atoms. The van der Waals surface area contributed by atoms with Crippen LogP contribution in [-0.2, 0) is 4.79 Å². The standard InChI is InChI=1S/C13H19NO4S/c1-3-18-12-5-4-10(8-14-12)13(17)11(16)6-7-19-9(2)15/h4-5,8,11,13,16-17H,3,6-7H2,1-2H3. The lowest BCUT2D eigenvalue weighted by Crippen LogP contribution is -2.19. The Bertz CT molecular complexity index is 396. The molecule has 0 aliphatic heterocycles. The number of thioether (sulfide) groups is 1. The van der Waals surface area contributed by atoms with Gasteiger partial charge in [-0.25, -0.2) is 4.98 Å². The maximum atomic E-state index is 10.8. The van der Waals surface area contributed by atoms with Gasteiger partial charge in [0.1, 0.15) is 6.10 Å². The van der Waals surface area contributed by atoms with Crippen molar-refractivity contribution in [1.82, 2.24) is 4.98 Å². The van der Waals surface area contributed by atoms with E-state index in [0.29, 0.717) is 30.2 Å². The number of hydrogen-bond donors (Lipinski definition) is 2. The molecule has 0 saturated carbocycles. The van der Waals surface area contributed by atoms with Gasteiger partial charge in [0.25, 0.3) is 0 Å². The maximum absolute atomic E-state index is 10.8. The first kappa shape index (κ1) is 15.9. The predicted molar refractivity (Wildman–Crippen MR) is 74.1 cm³/mol. The third-order valence-electron chi connectivity index (χ3n) is 2.48. The average Bonchev–Trinajstić information content (AvgIpc) is 2.38. The number of ether oxygens (including phenoxy) is 1. The Balaban J connectivity index is 2.51. The van der Waals surface area contributed by atoms with Crippen molar-refractivity contribution in [2.45, 2.75) is 32.5 Å². The van der Waals surface area contributed by atoms with Gasteiger partial charge in [0.05, 0.1) is 12.7 Å². The number of hydrogen-bond acceptors (Lipinski definition) is 6. The number of aromatic nitrogens is 1. The predicted octanol–water partition coefficient (Wildman–Crippen LogP) is 1.54. The second kappa shape index (κ2) is 8.14. The summed E-state index contributed by atoms with van der Waals surface area (Å²) in [4.78, 5) is 14.8. The molecular weight excluding hydrogens is 266 g/mol. The third-order valence-corrected chi connectivity index (χ3v) is 3.32. The minimum atomic E-state index is -1.00. The van der Waals surface area contributed by atoms with Gasteiger partial charge in [-0.05, 0) is 19.4 Å². The molecule has 0 aliphatic carbocycles. The lowest BCUT2D eigenvalue weighted by molar-refractivity contribution is -0.109. The molecule has 1 aromatic rings. The monoisotopic (exact) mass is 285 g/mol. The Hall–Kier alpha value is -1.11. The van der Waals surface area contributed by atoms with Crippen LogP contribution in [0.15, 0.2) is 18.3 Å².